The molecule has 0 N–H and O–H groups in total. The molecule has 0 heterocycles. The SMILES string of the molecule is [CH2]c1cccc([C](F)F)c1. The molecule has 0 saturated heterocycles. The molecule has 52 valence electrons. The summed E-state index contributed by atoms with van der Waals surface area (Å²) in [5.74, 6) is 0. The van der Waals surface area contributed by atoms with Crippen molar-refractivity contribution >= 4 is 0 Å². The van der Waals surface area contributed by atoms with Crippen molar-refractivity contribution in [3.63, 3.8) is 0 Å². The van der Waals surface area contributed by atoms with Crippen molar-refractivity contribution in [1.29, 1.82) is 0 Å². The third kappa shape index (κ3) is 1.53. The van der Waals surface area contributed by atoms with E-state index in [9.17, 15) is 8.78 Å². The van der Waals surface area contributed by atoms with E-state index >= 15 is 0 Å². The van der Waals surface area contributed by atoms with Gasteiger partial charge in [-0.15, -0.1) is 0 Å². The van der Waals surface area contributed by atoms with Gasteiger partial charge in [-0.2, -0.15) is 8.78 Å². The fraction of sp³-hybridized carbons (Fsp3) is 0. The van der Waals surface area contributed by atoms with Gasteiger partial charge in [-0.3, -0.25) is 0 Å². The van der Waals surface area contributed by atoms with E-state index < -0.39 is 6.43 Å². The molecule has 0 aliphatic carbocycles. The number of hydrogen-bond acceptors (Lipinski definition) is 0. The Hall–Kier alpha value is -0.920. The fourth-order valence-corrected chi connectivity index (χ4v) is 0.689. The van der Waals surface area contributed by atoms with Gasteiger partial charge in [-0.25, -0.2) is 0 Å². The number of benzene rings is 1. The molecule has 0 saturated carbocycles. The Balaban J connectivity index is 2.96. The summed E-state index contributed by atoms with van der Waals surface area (Å²) >= 11 is 0. The van der Waals surface area contributed by atoms with Crippen LogP contribution < -0.4 is 0 Å². The Morgan fingerprint density at radius 1 is 1.30 bits per heavy atom. The lowest BCUT2D eigenvalue weighted by Gasteiger charge is -1.96. The zero-order valence-corrected chi connectivity index (χ0v) is 5.27. The molecular weight excluding hydrogens is 134 g/mol. The largest absolute Gasteiger partial charge is 0.339 e. The zero-order chi connectivity index (χ0) is 7.56. The first-order chi connectivity index (χ1) is 4.70. The van der Waals surface area contributed by atoms with E-state index in [1.807, 2.05) is 0 Å². The molecule has 0 fully saturated rings. The molecule has 0 bridgehead atoms. The molecule has 1 aromatic carbocycles. The number of hydrogen-bond donors (Lipinski definition) is 0. The van der Waals surface area contributed by atoms with Crippen molar-refractivity contribution in [3.8, 4) is 0 Å². The lowest BCUT2D eigenvalue weighted by Crippen LogP contribution is -1.84. The molecular formula is C8H6F2. The molecule has 10 heavy (non-hydrogen) atoms. The second-order valence-electron chi connectivity index (χ2n) is 1.96. The van der Waals surface area contributed by atoms with Gasteiger partial charge >= 0.3 is 6.43 Å². The molecule has 0 nitrogen and oxygen atoms in total. The van der Waals surface area contributed by atoms with E-state index in [0.717, 1.165) is 0 Å². The molecule has 1 aromatic rings. The average molecular weight is 140 g/mol. The summed E-state index contributed by atoms with van der Waals surface area (Å²) in [5.41, 5.74) is 0.554. The van der Waals surface area contributed by atoms with Gasteiger partial charge < -0.3 is 0 Å². The minimum atomic E-state index is -1.66. The Bertz CT molecular complexity index is 218. The molecule has 0 aliphatic rings. The van der Waals surface area contributed by atoms with Crippen LogP contribution in [0.1, 0.15) is 11.1 Å². The molecule has 0 atom stereocenters. The number of rotatable bonds is 1. The maximum Gasteiger partial charge on any atom is 0.339 e. The molecule has 0 unspecified atom stereocenters. The van der Waals surface area contributed by atoms with Crippen LogP contribution in [0.4, 0.5) is 8.78 Å². The summed E-state index contributed by atoms with van der Waals surface area (Å²) in [7, 11) is 0. The lowest BCUT2D eigenvalue weighted by molar-refractivity contribution is 0.325. The van der Waals surface area contributed by atoms with Crippen LogP contribution >= 0.6 is 0 Å². The summed E-state index contributed by atoms with van der Waals surface area (Å²) in [5, 5.41) is 0. The van der Waals surface area contributed by atoms with Crippen molar-refractivity contribution in [1.82, 2.24) is 0 Å². The van der Waals surface area contributed by atoms with Gasteiger partial charge in [0, 0.05) is 5.56 Å². The van der Waals surface area contributed by atoms with E-state index in [1.165, 1.54) is 12.1 Å². The van der Waals surface area contributed by atoms with Gasteiger partial charge in [0.15, 0.2) is 0 Å². The van der Waals surface area contributed by atoms with Crippen LogP contribution in [-0.4, -0.2) is 0 Å². The summed E-state index contributed by atoms with van der Waals surface area (Å²) in [6, 6.07) is 5.92. The van der Waals surface area contributed by atoms with Crippen molar-refractivity contribution in [2.24, 2.45) is 0 Å². The maximum absolute atomic E-state index is 11.8. The molecule has 0 aliphatic heterocycles. The van der Waals surface area contributed by atoms with Crippen LogP contribution in [0.15, 0.2) is 24.3 Å². The third-order valence-electron chi connectivity index (χ3n) is 1.15. The fourth-order valence-electron chi connectivity index (χ4n) is 0.689. The Morgan fingerprint density at radius 3 is 2.40 bits per heavy atom. The zero-order valence-electron chi connectivity index (χ0n) is 5.27. The lowest BCUT2D eigenvalue weighted by atomic mass is 10.1. The van der Waals surface area contributed by atoms with Crippen molar-refractivity contribution in [2.75, 3.05) is 0 Å². The Labute approximate surface area is 58.5 Å². The predicted octanol–water partition coefficient (Wildman–Crippen LogP) is 2.65. The highest BCUT2D eigenvalue weighted by molar-refractivity contribution is 5.30. The predicted molar refractivity (Wildman–Crippen MR) is 35.5 cm³/mol. The van der Waals surface area contributed by atoms with E-state index in [-0.39, 0.29) is 5.56 Å². The van der Waals surface area contributed by atoms with Crippen LogP contribution in [0.2, 0.25) is 0 Å². The van der Waals surface area contributed by atoms with Crippen LogP contribution in [0, 0.1) is 13.3 Å². The maximum atomic E-state index is 11.8. The van der Waals surface area contributed by atoms with E-state index in [2.05, 4.69) is 6.92 Å². The number of halogens is 2. The highest BCUT2D eigenvalue weighted by Crippen LogP contribution is 2.17. The Morgan fingerprint density at radius 2 is 2.00 bits per heavy atom. The summed E-state index contributed by atoms with van der Waals surface area (Å²) in [4.78, 5) is 0. The van der Waals surface area contributed by atoms with Crippen molar-refractivity contribution in [2.45, 2.75) is 0 Å². The Kier molecular flexibility index (Phi) is 2.00. The van der Waals surface area contributed by atoms with Crippen molar-refractivity contribution in [3.05, 3.63) is 48.7 Å². The minimum absolute atomic E-state index is 0.0486. The summed E-state index contributed by atoms with van der Waals surface area (Å²) in [6.45, 7) is 3.52. The molecule has 0 aromatic heterocycles. The van der Waals surface area contributed by atoms with E-state index in [0.29, 0.717) is 5.56 Å². The smallest absolute Gasteiger partial charge is 0.194 e. The highest BCUT2D eigenvalue weighted by Gasteiger charge is 2.07. The van der Waals surface area contributed by atoms with Gasteiger partial charge in [0.2, 0.25) is 0 Å². The quantitative estimate of drug-likeness (QED) is 0.562. The van der Waals surface area contributed by atoms with Gasteiger partial charge in [0.1, 0.15) is 0 Å². The first-order valence-electron chi connectivity index (χ1n) is 2.80. The van der Waals surface area contributed by atoms with E-state index in [4.69, 9.17) is 0 Å². The second-order valence-corrected chi connectivity index (χ2v) is 1.96. The van der Waals surface area contributed by atoms with Crippen molar-refractivity contribution < 1.29 is 8.78 Å². The standard InChI is InChI=1S/C8H6F2/c1-6-3-2-4-7(5-6)8(9)10/h2-5H,1H2. The van der Waals surface area contributed by atoms with Crippen LogP contribution in [0.3, 0.4) is 0 Å². The molecule has 0 spiro atoms. The summed E-state index contributed by atoms with van der Waals surface area (Å²) < 4.78 is 23.7. The third-order valence-corrected chi connectivity index (χ3v) is 1.15. The monoisotopic (exact) mass is 140 g/mol. The van der Waals surface area contributed by atoms with Gasteiger partial charge in [-0.1, -0.05) is 18.2 Å². The normalized spacial score (nSPS) is 10.4. The van der Waals surface area contributed by atoms with Crippen LogP contribution in [0.5, 0.6) is 0 Å². The van der Waals surface area contributed by atoms with Gasteiger partial charge in [0.05, 0.1) is 0 Å². The molecule has 2 heteroatoms. The molecule has 1 rings (SSSR count). The first-order valence-corrected chi connectivity index (χ1v) is 2.80. The van der Waals surface area contributed by atoms with E-state index in [1.54, 1.807) is 12.1 Å². The second kappa shape index (κ2) is 2.78. The average Bonchev–Trinajstić information content (AvgIpc) is 1.88. The first kappa shape index (κ1) is 7.19. The van der Waals surface area contributed by atoms with Crippen LogP contribution in [0.25, 0.3) is 0 Å². The van der Waals surface area contributed by atoms with Gasteiger partial charge in [-0.05, 0) is 18.6 Å². The van der Waals surface area contributed by atoms with Gasteiger partial charge in [0.25, 0.3) is 0 Å². The minimum Gasteiger partial charge on any atom is -0.194 e. The van der Waals surface area contributed by atoms with Crippen LogP contribution in [-0.2, 0) is 0 Å². The molecule has 2 radical (unpaired) electrons. The highest BCUT2D eigenvalue weighted by atomic mass is 19.3. The summed E-state index contributed by atoms with van der Waals surface area (Å²) in [6.07, 6.45) is -1.66. The molecule has 0 amide bonds. The topological polar surface area (TPSA) is 0 Å².